The summed E-state index contributed by atoms with van der Waals surface area (Å²) in [6, 6.07) is 10.9. The van der Waals surface area contributed by atoms with Gasteiger partial charge in [0.1, 0.15) is 18.2 Å². The second-order valence-electron chi connectivity index (χ2n) is 7.89. The van der Waals surface area contributed by atoms with Gasteiger partial charge in [-0.25, -0.2) is 4.98 Å². The maximum Gasteiger partial charge on any atom is 0.258 e. The molecule has 4 heterocycles. The summed E-state index contributed by atoms with van der Waals surface area (Å²) in [5.74, 6) is 1.99. The number of halogens is 1. The lowest BCUT2D eigenvalue weighted by atomic mass is 9.91. The average Bonchev–Trinajstić information content (AvgIpc) is 2.79. The van der Waals surface area contributed by atoms with Crippen molar-refractivity contribution in [2.24, 2.45) is 11.7 Å². The van der Waals surface area contributed by atoms with Crippen LogP contribution in [0.4, 0.5) is 5.82 Å². The van der Waals surface area contributed by atoms with E-state index in [-0.39, 0.29) is 18.2 Å². The van der Waals surface area contributed by atoms with Gasteiger partial charge in [0.2, 0.25) is 0 Å². The number of ether oxygens (including phenoxy) is 1. The second-order valence-corrected chi connectivity index (χ2v) is 8.32. The van der Waals surface area contributed by atoms with E-state index >= 15 is 0 Å². The van der Waals surface area contributed by atoms with Crippen molar-refractivity contribution in [1.82, 2.24) is 14.5 Å². The van der Waals surface area contributed by atoms with E-state index in [0.29, 0.717) is 22.4 Å². The summed E-state index contributed by atoms with van der Waals surface area (Å²) in [6.45, 7) is 4.24. The molecule has 8 heteroatoms. The molecule has 1 fully saturated rings. The van der Waals surface area contributed by atoms with E-state index in [4.69, 9.17) is 22.1 Å². The molecule has 1 unspecified atom stereocenters. The van der Waals surface area contributed by atoms with Gasteiger partial charge in [0.25, 0.3) is 5.56 Å². The zero-order chi connectivity index (χ0) is 21.8. The lowest BCUT2D eigenvalue weighted by molar-refractivity contribution is 0.300. The van der Waals surface area contributed by atoms with Crippen molar-refractivity contribution >= 4 is 17.4 Å². The fourth-order valence-corrected chi connectivity index (χ4v) is 3.89. The van der Waals surface area contributed by atoms with Crippen LogP contribution < -0.4 is 20.9 Å². The third-order valence-corrected chi connectivity index (χ3v) is 5.91. The van der Waals surface area contributed by atoms with E-state index in [9.17, 15) is 4.79 Å². The highest BCUT2D eigenvalue weighted by molar-refractivity contribution is 6.30. The Morgan fingerprint density at radius 1 is 1.16 bits per heavy atom. The first-order valence-corrected chi connectivity index (χ1v) is 10.8. The summed E-state index contributed by atoms with van der Waals surface area (Å²) in [6.07, 6.45) is 7.14. The molecule has 1 atom stereocenters. The summed E-state index contributed by atoms with van der Waals surface area (Å²) in [4.78, 5) is 23.6. The fourth-order valence-electron chi connectivity index (χ4n) is 3.78. The Labute approximate surface area is 186 Å². The lowest BCUT2D eigenvalue weighted by Gasteiger charge is -2.34. The standard InChI is InChI=1S/C23H26ClN5O2/c1-16(25)17-6-9-28(10-7-17)22-5-4-20(14-27-22)29-11-8-21(12-23(29)30)31-15-19-3-2-18(24)13-26-19/h2-5,8,11-14,16-17H,6-7,9-10,15,25H2,1H3. The minimum atomic E-state index is -0.186. The van der Waals surface area contributed by atoms with Crippen molar-refractivity contribution in [3.05, 3.63) is 76.1 Å². The summed E-state index contributed by atoms with van der Waals surface area (Å²) < 4.78 is 7.23. The Morgan fingerprint density at radius 2 is 1.97 bits per heavy atom. The van der Waals surface area contributed by atoms with Crippen LogP contribution in [0.2, 0.25) is 5.02 Å². The molecule has 0 spiro atoms. The van der Waals surface area contributed by atoms with Crippen molar-refractivity contribution in [2.75, 3.05) is 18.0 Å². The first-order chi connectivity index (χ1) is 15.0. The molecule has 3 aromatic heterocycles. The van der Waals surface area contributed by atoms with Gasteiger partial charge < -0.3 is 15.4 Å². The Bertz CT molecular complexity index is 1060. The van der Waals surface area contributed by atoms with Gasteiger partial charge in [-0.15, -0.1) is 0 Å². The zero-order valence-electron chi connectivity index (χ0n) is 17.4. The third-order valence-electron chi connectivity index (χ3n) is 5.68. The van der Waals surface area contributed by atoms with Crippen LogP contribution in [0.3, 0.4) is 0 Å². The molecule has 1 aliphatic rings. The molecule has 1 aliphatic heterocycles. The van der Waals surface area contributed by atoms with Crippen LogP contribution >= 0.6 is 11.6 Å². The quantitative estimate of drug-likeness (QED) is 0.633. The smallest absolute Gasteiger partial charge is 0.258 e. The van der Waals surface area contributed by atoms with Gasteiger partial charge in [-0.1, -0.05) is 11.6 Å². The molecular weight excluding hydrogens is 414 g/mol. The van der Waals surface area contributed by atoms with Gasteiger partial charge in [0, 0.05) is 37.6 Å². The first-order valence-electron chi connectivity index (χ1n) is 10.4. The Morgan fingerprint density at radius 3 is 2.58 bits per heavy atom. The maximum atomic E-state index is 12.6. The van der Waals surface area contributed by atoms with Crippen molar-refractivity contribution in [2.45, 2.75) is 32.4 Å². The van der Waals surface area contributed by atoms with E-state index in [1.54, 1.807) is 41.4 Å². The molecule has 31 heavy (non-hydrogen) atoms. The molecule has 3 aromatic rings. The van der Waals surface area contributed by atoms with E-state index < -0.39 is 0 Å². The highest BCUT2D eigenvalue weighted by Crippen LogP contribution is 2.24. The third kappa shape index (κ3) is 5.24. The zero-order valence-corrected chi connectivity index (χ0v) is 18.2. The molecule has 0 saturated carbocycles. The van der Waals surface area contributed by atoms with Crippen molar-refractivity contribution in [1.29, 1.82) is 0 Å². The van der Waals surface area contributed by atoms with Gasteiger partial charge in [0.15, 0.2) is 0 Å². The molecule has 0 bridgehead atoms. The van der Waals surface area contributed by atoms with Crippen LogP contribution in [-0.2, 0) is 6.61 Å². The number of piperidine rings is 1. The van der Waals surface area contributed by atoms with Crippen molar-refractivity contribution in [3.63, 3.8) is 0 Å². The molecule has 4 rings (SSSR count). The summed E-state index contributed by atoms with van der Waals surface area (Å²) in [7, 11) is 0. The average molecular weight is 440 g/mol. The minimum Gasteiger partial charge on any atom is -0.487 e. The minimum absolute atomic E-state index is 0.186. The van der Waals surface area contributed by atoms with Crippen LogP contribution in [-0.4, -0.2) is 33.7 Å². The van der Waals surface area contributed by atoms with Crippen molar-refractivity contribution < 1.29 is 4.74 Å². The van der Waals surface area contributed by atoms with Crippen LogP contribution in [0.1, 0.15) is 25.5 Å². The largest absolute Gasteiger partial charge is 0.487 e. The predicted octanol–water partition coefficient (Wildman–Crippen LogP) is 3.42. The normalized spacial score (nSPS) is 15.6. The Balaban J connectivity index is 1.40. The number of pyridine rings is 3. The molecule has 1 saturated heterocycles. The van der Waals surface area contributed by atoms with Gasteiger partial charge in [-0.3, -0.25) is 14.3 Å². The summed E-state index contributed by atoms with van der Waals surface area (Å²) >= 11 is 5.84. The molecule has 0 radical (unpaired) electrons. The van der Waals surface area contributed by atoms with Crippen LogP contribution in [0.5, 0.6) is 5.75 Å². The molecule has 162 valence electrons. The summed E-state index contributed by atoms with van der Waals surface area (Å²) in [5, 5.41) is 0.570. The van der Waals surface area contributed by atoms with E-state index in [0.717, 1.165) is 37.4 Å². The Hall–Kier alpha value is -2.90. The van der Waals surface area contributed by atoms with E-state index in [1.807, 2.05) is 12.1 Å². The van der Waals surface area contributed by atoms with Gasteiger partial charge in [-0.05, 0) is 56.0 Å². The number of nitrogens with zero attached hydrogens (tertiary/aromatic N) is 4. The highest BCUT2D eigenvalue weighted by atomic mass is 35.5. The van der Waals surface area contributed by atoms with Gasteiger partial charge >= 0.3 is 0 Å². The Kier molecular flexibility index (Phi) is 6.53. The van der Waals surface area contributed by atoms with Crippen molar-refractivity contribution in [3.8, 4) is 11.4 Å². The molecular formula is C23H26ClN5O2. The molecule has 0 aliphatic carbocycles. The summed E-state index contributed by atoms with van der Waals surface area (Å²) in [5.41, 5.74) is 7.29. The molecule has 0 amide bonds. The van der Waals surface area contributed by atoms with E-state index in [2.05, 4.69) is 21.8 Å². The van der Waals surface area contributed by atoms with Crippen LogP contribution in [0, 0.1) is 5.92 Å². The number of hydrogen-bond acceptors (Lipinski definition) is 6. The second kappa shape index (κ2) is 9.49. The lowest BCUT2D eigenvalue weighted by Crippen LogP contribution is -2.40. The topological polar surface area (TPSA) is 86.3 Å². The number of rotatable bonds is 6. The number of nitrogens with two attached hydrogens (primary N) is 1. The van der Waals surface area contributed by atoms with Gasteiger partial charge in [-0.2, -0.15) is 0 Å². The maximum absolute atomic E-state index is 12.6. The number of hydrogen-bond donors (Lipinski definition) is 1. The monoisotopic (exact) mass is 439 g/mol. The number of aromatic nitrogens is 3. The molecule has 0 aromatic carbocycles. The molecule has 7 nitrogen and oxygen atoms in total. The number of anilines is 1. The predicted molar refractivity (Wildman–Crippen MR) is 122 cm³/mol. The fraction of sp³-hybridized carbons (Fsp3) is 0.348. The molecule has 2 N–H and O–H groups in total. The van der Waals surface area contributed by atoms with Crippen LogP contribution in [0.25, 0.3) is 5.69 Å². The highest BCUT2D eigenvalue weighted by Gasteiger charge is 2.22. The van der Waals surface area contributed by atoms with E-state index in [1.165, 1.54) is 6.07 Å². The van der Waals surface area contributed by atoms with Gasteiger partial charge in [0.05, 0.1) is 22.6 Å². The SMILES string of the molecule is CC(N)C1CCN(c2ccc(-n3ccc(OCc4ccc(Cl)cn4)cc3=O)cn2)CC1. The van der Waals surface area contributed by atoms with Crippen LogP contribution in [0.15, 0.2) is 59.8 Å². The first kappa shape index (κ1) is 21.3.